The maximum absolute atomic E-state index is 13.6. The summed E-state index contributed by atoms with van der Waals surface area (Å²) in [4.78, 5) is 16.6. The van der Waals surface area contributed by atoms with Crippen molar-refractivity contribution in [1.82, 2.24) is 0 Å². The number of hydrogen-bond acceptors (Lipinski definition) is 5. The number of nitrogens with two attached hydrogens (primary N) is 1. The lowest BCUT2D eigenvalue weighted by Crippen LogP contribution is -2.46. The minimum absolute atomic E-state index is 0.0998. The molecule has 3 N–H and O–H groups in total. The molecule has 1 fully saturated rings. The molecular weight excluding hydrogens is 384 g/mol. The number of benzene rings is 2. The van der Waals surface area contributed by atoms with Gasteiger partial charge in [-0.3, -0.25) is 0 Å². The SMILES string of the molecule is N/C(=N\OC(=O)c1ccc(C2(O)COC2)cc1)c1ccc(C(F)(F)F)c(F)c1. The van der Waals surface area contributed by atoms with Gasteiger partial charge in [0.15, 0.2) is 5.84 Å². The molecule has 28 heavy (non-hydrogen) atoms. The number of carbonyl (C=O) groups excluding carboxylic acids is 1. The fraction of sp³-hybridized carbons (Fsp3) is 0.222. The molecule has 1 aliphatic heterocycles. The Hall–Kier alpha value is -2.98. The van der Waals surface area contributed by atoms with E-state index in [2.05, 4.69) is 9.99 Å². The molecule has 0 spiro atoms. The second-order valence-corrected chi connectivity index (χ2v) is 6.15. The van der Waals surface area contributed by atoms with E-state index >= 15 is 0 Å². The van der Waals surface area contributed by atoms with Crippen LogP contribution in [0.15, 0.2) is 47.6 Å². The predicted octanol–water partition coefficient (Wildman–Crippen LogP) is 2.54. The predicted molar refractivity (Wildman–Crippen MR) is 88.7 cm³/mol. The van der Waals surface area contributed by atoms with Crippen LogP contribution in [0.3, 0.4) is 0 Å². The number of nitrogens with zero attached hydrogens (tertiary/aromatic N) is 1. The van der Waals surface area contributed by atoms with Crippen molar-refractivity contribution in [3.05, 3.63) is 70.5 Å². The van der Waals surface area contributed by atoms with E-state index in [1.807, 2.05) is 0 Å². The van der Waals surface area contributed by atoms with E-state index in [4.69, 9.17) is 10.5 Å². The van der Waals surface area contributed by atoms with Crippen molar-refractivity contribution in [2.24, 2.45) is 10.9 Å². The summed E-state index contributed by atoms with van der Waals surface area (Å²) in [5.41, 5.74) is 3.49. The summed E-state index contributed by atoms with van der Waals surface area (Å²) in [5.74, 6) is -2.89. The molecule has 2 aromatic rings. The van der Waals surface area contributed by atoms with Gasteiger partial charge in [0.1, 0.15) is 11.4 Å². The van der Waals surface area contributed by atoms with Crippen LogP contribution in [0, 0.1) is 5.82 Å². The number of oxime groups is 1. The van der Waals surface area contributed by atoms with Gasteiger partial charge in [-0.1, -0.05) is 23.4 Å². The topological polar surface area (TPSA) is 94.1 Å². The summed E-state index contributed by atoms with van der Waals surface area (Å²) >= 11 is 0. The molecule has 6 nitrogen and oxygen atoms in total. The van der Waals surface area contributed by atoms with Crippen LogP contribution in [0.5, 0.6) is 0 Å². The van der Waals surface area contributed by atoms with Gasteiger partial charge in [-0.15, -0.1) is 0 Å². The van der Waals surface area contributed by atoms with E-state index in [0.717, 1.165) is 6.07 Å². The van der Waals surface area contributed by atoms with Gasteiger partial charge in [0.05, 0.1) is 24.3 Å². The van der Waals surface area contributed by atoms with Gasteiger partial charge in [-0.25, -0.2) is 9.18 Å². The van der Waals surface area contributed by atoms with E-state index in [1.165, 1.54) is 24.3 Å². The zero-order valence-electron chi connectivity index (χ0n) is 14.2. The Bertz CT molecular complexity index is 922. The summed E-state index contributed by atoms with van der Waals surface area (Å²) in [6.07, 6.45) is -4.84. The monoisotopic (exact) mass is 398 g/mol. The zero-order valence-corrected chi connectivity index (χ0v) is 14.2. The Morgan fingerprint density at radius 3 is 2.25 bits per heavy atom. The Labute approximate surface area is 156 Å². The van der Waals surface area contributed by atoms with Crippen LogP contribution in [-0.2, 0) is 21.4 Å². The first-order valence-electron chi connectivity index (χ1n) is 7.93. The van der Waals surface area contributed by atoms with Gasteiger partial charge in [-0.2, -0.15) is 13.2 Å². The van der Waals surface area contributed by atoms with Crippen LogP contribution in [0.25, 0.3) is 0 Å². The molecule has 0 atom stereocenters. The van der Waals surface area contributed by atoms with E-state index in [9.17, 15) is 27.5 Å². The minimum atomic E-state index is -4.84. The van der Waals surface area contributed by atoms with E-state index in [-0.39, 0.29) is 24.3 Å². The average Bonchev–Trinajstić information content (AvgIpc) is 2.62. The summed E-state index contributed by atoms with van der Waals surface area (Å²) in [6, 6.07) is 7.83. The highest BCUT2D eigenvalue weighted by molar-refractivity contribution is 5.98. The maximum atomic E-state index is 13.6. The molecule has 1 saturated heterocycles. The van der Waals surface area contributed by atoms with Crippen LogP contribution in [-0.4, -0.2) is 30.1 Å². The molecule has 1 aliphatic rings. The molecule has 0 saturated carbocycles. The lowest BCUT2D eigenvalue weighted by Gasteiger charge is -2.36. The number of rotatable bonds is 4. The summed E-state index contributed by atoms with van der Waals surface area (Å²) in [7, 11) is 0. The quantitative estimate of drug-likeness (QED) is 0.271. The number of halogens is 4. The molecule has 2 aromatic carbocycles. The van der Waals surface area contributed by atoms with Crippen LogP contribution >= 0.6 is 0 Å². The van der Waals surface area contributed by atoms with Crippen LogP contribution in [0.1, 0.15) is 27.0 Å². The van der Waals surface area contributed by atoms with Crippen molar-refractivity contribution in [1.29, 1.82) is 0 Å². The normalized spacial score (nSPS) is 16.4. The number of aliphatic hydroxyl groups is 1. The number of hydrogen-bond donors (Lipinski definition) is 2. The highest BCUT2D eigenvalue weighted by Crippen LogP contribution is 2.31. The highest BCUT2D eigenvalue weighted by atomic mass is 19.4. The highest BCUT2D eigenvalue weighted by Gasteiger charge is 2.38. The first kappa shape index (κ1) is 19.8. The standard InChI is InChI=1S/C18H14F4N2O4/c19-14-7-11(3-6-13(14)18(20,21)22)15(23)24-28-16(25)10-1-4-12(5-2-10)17(26)8-27-9-17/h1-7,26H,8-9H2,(H2,23,24). The molecule has 0 aliphatic carbocycles. The van der Waals surface area contributed by atoms with E-state index < -0.39 is 35.0 Å². The molecule has 0 aromatic heterocycles. The fourth-order valence-corrected chi connectivity index (χ4v) is 2.48. The largest absolute Gasteiger partial charge is 0.419 e. The number of amidine groups is 1. The van der Waals surface area contributed by atoms with Gasteiger partial charge >= 0.3 is 12.1 Å². The van der Waals surface area contributed by atoms with E-state index in [0.29, 0.717) is 17.7 Å². The summed E-state index contributed by atoms with van der Waals surface area (Å²) in [6.45, 7) is 0.308. The third-order valence-electron chi connectivity index (χ3n) is 4.14. The van der Waals surface area contributed by atoms with Crippen LogP contribution in [0.2, 0.25) is 0 Å². The third kappa shape index (κ3) is 3.97. The van der Waals surface area contributed by atoms with Crippen LogP contribution < -0.4 is 5.73 Å². The molecule has 1 heterocycles. The van der Waals surface area contributed by atoms with Gasteiger partial charge in [0, 0.05) is 5.56 Å². The fourth-order valence-electron chi connectivity index (χ4n) is 2.48. The summed E-state index contributed by atoms with van der Waals surface area (Å²) < 4.78 is 56.2. The Morgan fingerprint density at radius 2 is 1.75 bits per heavy atom. The zero-order chi connectivity index (χ0) is 20.5. The molecule has 148 valence electrons. The second kappa shape index (κ2) is 7.21. The molecule has 10 heteroatoms. The molecule has 0 unspecified atom stereocenters. The van der Waals surface area contributed by atoms with Crippen molar-refractivity contribution in [2.45, 2.75) is 11.8 Å². The van der Waals surface area contributed by atoms with E-state index in [1.54, 1.807) is 0 Å². The molecule has 0 radical (unpaired) electrons. The summed E-state index contributed by atoms with van der Waals surface area (Å²) in [5, 5.41) is 13.5. The van der Waals surface area contributed by atoms with Crippen molar-refractivity contribution < 1.29 is 37.0 Å². The van der Waals surface area contributed by atoms with Crippen molar-refractivity contribution in [3.8, 4) is 0 Å². The maximum Gasteiger partial charge on any atom is 0.419 e. The molecule has 0 bridgehead atoms. The molecular formula is C18H14F4N2O4. The van der Waals surface area contributed by atoms with Gasteiger partial charge in [0.2, 0.25) is 0 Å². The number of carbonyl (C=O) groups is 1. The van der Waals surface area contributed by atoms with Crippen molar-refractivity contribution >= 4 is 11.8 Å². The third-order valence-corrected chi connectivity index (χ3v) is 4.14. The Balaban J connectivity index is 1.69. The minimum Gasteiger partial charge on any atom is -0.380 e. The van der Waals surface area contributed by atoms with Gasteiger partial charge in [0.25, 0.3) is 0 Å². The Morgan fingerprint density at radius 1 is 1.14 bits per heavy atom. The smallest absolute Gasteiger partial charge is 0.380 e. The van der Waals surface area contributed by atoms with Gasteiger partial charge in [-0.05, 0) is 29.8 Å². The van der Waals surface area contributed by atoms with Crippen LogP contribution in [0.4, 0.5) is 17.6 Å². The van der Waals surface area contributed by atoms with Crippen molar-refractivity contribution in [2.75, 3.05) is 13.2 Å². The lowest BCUT2D eigenvalue weighted by molar-refractivity contribution is -0.184. The first-order chi connectivity index (χ1) is 13.1. The molecule has 3 rings (SSSR count). The second-order valence-electron chi connectivity index (χ2n) is 6.15. The van der Waals surface area contributed by atoms with Gasteiger partial charge < -0.3 is 20.4 Å². The number of alkyl halides is 3. The first-order valence-corrected chi connectivity index (χ1v) is 7.93. The molecule has 0 amide bonds. The average molecular weight is 398 g/mol. The van der Waals surface area contributed by atoms with Crippen molar-refractivity contribution in [3.63, 3.8) is 0 Å². The number of ether oxygens (including phenoxy) is 1. The lowest BCUT2D eigenvalue weighted by atomic mass is 9.91. The Kier molecular flexibility index (Phi) is 5.09.